The molecule has 60 valence electrons. The Morgan fingerprint density at radius 3 is 2.40 bits per heavy atom. The number of halogens is 1. The van der Waals surface area contributed by atoms with Crippen LogP contribution in [-0.4, -0.2) is 16.5 Å². The highest BCUT2D eigenvalue weighted by molar-refractivity contribution is 9.09. The zero-order valence-electron chi connectivity index (χ0n) is 6.86. The standard InChI is InChI=1S/C8H15BrO/c1-6(9)4-5-7-8(2,3)10-7/h6-7H,4-5H2,1-3H3. The monoisotopic (exact) mass is 206 g/mol. The van der Waals surface area contributed by atoms with Crippen molar-refractivity contribution < 1.29 is 4.74 Å². The number of rotatable bonds is 3. The van der Waals surface area contributed by atoms with Gasteiger partial charge < -0.3 is 4.74 Å². The van der Waals surface area contributed by atoms with Crippen molar-refractivity contribution in [3.63, 3.8) is 0 Å². The van der Waals surface area contributed by atoms with Crippen LogP contribution in [0.1, 0.15) is 33.6 Å². The van der Waals surface area contributed by atoms with E-state index in [4.69, 9.17) is 4.74 Å². The lowest BCUT2D eigenvalue weighted by atomic mass is 10.1. The van der Waals surface area contributed by atoms with Gasteiger partial charge in [0.15, 0.2) is 0 Å². The molecule has 0 aromatic heterocycles. The topological polar surface area (TPSA) is 12.5 Å². The summed E-state index contributed by atoms with van der Waals surface area (Å²) in [5.41, 5.74) is 0.182. The van der Waals surface area contributed by atoms with E-state index in [0.717, 1.165) is 0 Å². The first-order valence-corrected chi connectivity index (χ1v) is 4.76. The molecule has 10 heavy (non-hydrogen) atoms. The van der Waals surface area contributed by atoms with Crippen molar-refractivity contribution >= 4 is 15.9 Å². The third-order valence-corrected chi connectivity index (χ3v) is 2.45. The Balaban J connectivity index is 2.07. The van der Waals surface area contributed by atoms with Gasteiger partial charge >= 0.3 is 0 Å². The van der Waals surface area contributed by atoms with Gasteiger partial charge in [0, 0.05) is 4.83 Å². The van der Waals surface area contributed by atoms with Gasteiger partial charge in [0.05, 0.1) is 11.7 Å². The molecule has 0 amide bonds. The van der Waals surface area contributed by atoms with Gasteiger partial charge in [0.25, 0.3) is 0 Å². The van der Waals surface area contributed by atoms with Gasteiger partial charge in [-0.1, -0.05) is 22.9 Å². The minimum absolute atomic E-state index is 0.182. The van der Waals surface area contributed by atoms with E-state index in [1.807, 2.05) is 0 Å². The average molecular weight is 207 g/mol. The lowest BCUT2D eigenvalue weighted by molar-refractivity contribution is 0.319. The number of epoxide rings is 1. The summed E-state index contributed by atoms with van der Waals surface area (Å²) in [6, 6.07) is 0. The van der Waals surface area contributed by atoms with E-state index < -0.39 is 0 Å². The molecule has 1 rings (SSSR count). The molecule has 2 atom stereocenters. The molecule has 0 N–H and O–H groups in total. The molecule has 0 saturated carbocycles. The number of hydrogen-bond acceptors (Lipinski definition) is 1. The van der Waals surface area contributed by atoms with Crippen molar-refractivity contribution in [1.82, 2.24) is 0 Å². The summed E-state index contributed by atoms with van der Waals surface area (Å²) in [7, 11) is 0. The Labute approximate surface area is 71.3 Å². The summed E-state index contributed by atoms with van der Waals surface area (Å²) in [6.45, 7) is 6.47. The van der Waals surface area contributed by atoms with E-state index >= 15 is 0 Å². The van der Waals surface area contributed by atoms with Crippen LogP contribution in [0.3, 0.4) is 0 Å². The zero-order valence-corrected chi connectivity index (χ0v) is 8.44. The quantitative estimate of drug-likeness (QED) is 0.512. The molecule has 0 aromatic rings. The highest BCUT2D eigenvalue weighted by Crippen LogP contribution is 2.38. The molecular formula is C8H15BrO. The zero-order chi connectivity index (χ0) is 7.78. The molecule has 0 aliphatic carbocycles. The molecule has 1 heterocycles. The fraction of sp³-hybridized carbons (Fsp3) is 1.00. The van der Waals surface area contributed by atoms with Crippen LogP contribution < -0.4 is 0 Å². The van der Waals surface area contributed by atoms with Crippen LogP contribution in [0.4, 0.5) is 0 Å². The minimum atomic E-state index is 0.182. The summed E-state index contributed by atoms with van der Waals surface area (Å²) in [5, 5.41) is 0. The lowest BCUT2D eigenvalue weighted by Crippen LogP contribution is -2.04. The Morgan fingerprint density at radius 2 is 2.10 bits per heavy atom. The normalized spacial score (nSPS) is 31.8. The van der Waals surface area contributed by atoms with Crippen LogP contribution in [0.5, 0.6) is 0 Å². The van der Waals surface area contributed by atoms with Crippen LogP contribution in [0.25, 0.3) is 0 Å². The Morgan fingerprint density at radius 1 is 1.60 bits per heavy atom. The lowest BCUT2D eigenvalue weighted by Gasteiger charge is -1.99. The Kier molecular flexibility index (Phi) is 2.41. The van der Waals surface area contributed by atoms with Crippen LogP contribution in [0.15, 0.2) is 0 Å². The van der Waals surface area contributed by atoms with Crippen molar-refractivity contribution in [2.75, 3.05) is 0 Å². The number of alkyl halides is 1. The second-order valence-corrected chi connectivity index (χ2v) is 5.13. The molecule has 0 aromatic carbocycles. The number of ether oxygens (including phenoxy) is 1. The third kappa shape index (κ3) is 2.24. The SMILES string of the molecule is CC(Br)CCC1OC1(C)C. The van der Waals surface area contributed by atoms with E-state index in [0.29, 0.717) is 10.9 Å². The highest BCUT2D eigenvalue weighted by atomic mass is 79.9. The molecule has 1 nitrogen and oxygen atoms in total. The van der Waals surface area contributed by atoms with Gasteiger partial charge in [-0.3, -0.25) is 0 Å². The fourth-order valence-corrected chi connectivity index (χ4v) is 1.38. The molecule has 0 spiro atoms. The minimum Gasteiger partial charge on any atom is -0.367 e. The van der Waals surface area contributed by atoms with Crippen LogP contribution in [0.2, 0.25) is 0 Å². The molecule has 1 saturated heterocycles. The summed E-state index contributed by atoms with van der Waals surface area (Å²) >= 11 is 3.51. The van der Waals surface area contributed by atoms with Crippen molar-refractivity contribution in [2.45, 2.75) is 50.1 Å². The average Bonchev–Trinajstić information content (AvgIpc) is 2.35. The second kappa shape index (κ2) is 2.82. The molecule has 2 heteroatoms. The summed E-state index contributed by atoms with van der Waals surface area (Å²) in [6.07, 6.45) is 2.93. The van der Waals surface area contributed by atoms with Crippen molar-refractivity contribution in [1.29, 1.82) is 0 Å². The highest BCUT2D eigenvalue weighted by Gasteiger charge is 2.46. The van der Waals surface area contributed by atoms with Crippen molar-refractivity contribution in [3.8, 4) is 0 Å². The van der Waals surface area contributed by atoms with Gasteiger partial charge in [-0.25, -0.2) is 0 Å². The predicted molar refractivity (Wildman–Crippen MR) is 46.6 cm³/mol. The predicted octanol–water partition coefficient (Wildman–Crippen LogP) is 2.73. The van der Waals surface area contributed by atoms with Crippen LogP contribution in [0, 0.1) is 0 Å². The second-order valence-electron chi connectivity index (χ2n) is 3.57. The summed E-state index contributed by atoms with van der Waals surface area (Å²) < 4.78 is 5.43. The van der Waals surface area contributed by atoms with Crippen molar-refractivity contribution in [2.24, 2.45) is 0 Å². The number of hydrogen-bond donors (Lipinski definition) is 0. The van der Waals surface area contributed by atoms with E-state index in [1.54, 1.807) is 0 Å². The smallest absolute Gasteiger partial charge is 0.0892 e. The molecular weight excluding hydrogens is 192 g/mol. The summed E-state index contributed by atoms with van der Waals surface area (Å²) in [5.74, 6) is 0. The molecule has 0 bridgehead atoms. The van der Waals surface area contributed by atoms with Crippen LogP contribution >= 0.6 is 15.9 Å². The first kappa shape index (κ1) is 8.54. The molecule has 0 radical (unpaired) electrons. The Hall–Kier alpha value is 0.440. The maximum absolute atomic E-state index is 5.43. The van der Waals surface area contributed by atoms with Gasteiger partial charge in [0.1, 0.15) is 0 Å². The van der Waals surface area contributed by atoms with E-state index in [2.05, 4.69) is 36.7 Å². The van der Waals surface area contributed by atoms with E-state index in [9.17, 15) is 0 Å². The largest absolute Gasteiger partial charge is 0.367 e. The maximum atomic E-state index is 5.43. The first-order valence-electron chi connectivity index (χ1n) is 3.84. The third-order valence-electron chi connectivity index (χ3n) is 1.99. The molecule has 1 aliphatic rings. The van der Waals surface area contributed by atoms with Gasteiger partial charge in [-0.05, 0) is 26.7 Å². The maximum Gasteiger partial charge on any atom is 0.0892 e. The molecule has 1 aliphatic heterocycles. The van der Waals surface area contributed by atoms with Gasteiger partial charge in [0.2, 0.25) is 0 Å². The Bertz CT molecular complexity index is 120. The van der Waals surface area contributed by atoms with Gasteiger partial charge in [-0.15, -0.1) is 0 Å². The molecule has 1 fully saturated rings. The van der Waals surface area contributed by atoms with Crippen LogP contribution in [-0.2, 0) is 4.74 Å². The van der Waals surface area contributed by atoms with Crippen molar-refractivity contribution in [3.05, 3.63) is 0 Å². The van der Waals surface area contributed by atoms with E-state index in [-0.39, 0.29) is 5.60 Å². The first-order chi connectivity index (χ1) is 4.52. The summed E-state index contributed by atoms with van der Waals surface area (Å²) in [4.78, 5) is 0.632. The van der Waals surface area contributed by atoms with Gasteiger partial charge in [-0.2, -0.15) is 0 Å². The fourth-order valence-electron chi connectivity index (χ4n) is 1.12. The van der Waals surface area contributed by atoms with E-state index in [1.165, 1.54) is 12.8 Å². The molecule has 2 unspecified atom stereocenters.